The van der Waals surface area contributed by atoms with Crippen molar-refractivity contribution in [3.05, 3.63) is 35.4 Å². The molecule has 0 atom stereocenters. The fourth-order valence-corrected chi connectivity index (χ4v) is 2.10. The van der Waals surface area contributed by atoms with Gasteiger partial charge < -0.3 is 15.3 Å². The van der Waals surface area contributed by atoms with Crippen LogP contribution in [0.2, 0.25) is 0 Å². The highest BCUT2D eigenvalue weighted by molar-refractivity contribution is 5.25. The van der Waals surface area contributed by atoms with Crippen molar-refractivity contribution in [2.45, 2.75) is 65.1 Å². The van der Waals surface area contributed by atoms with E-state index in [4.69, 9.17) is 15.3 Å². The molecule has 0 heterocycles. The zero-order valence-electron chi connectivity index (χ0n) is 13.1. The van der Waals surface area contributed by atoms with Crippen molar-refractivity contribution in [3.63, 3.8) is 0 Å². The SMILES string of the molecule is CC.Cc1ccccc1CCCO.OC1(O)CCCC1. The maximum atomic E-state index is 8.75. The van der Waals surface area contributed by atoms with Gasteiger partial charge in [0.15, 0.2) is 5.79 Å². The summed E-state index contributed by atoms with van der Waals surface area (Å²) in [6.07, 6.45) is 4.91. The Kier molecular flexibility index (Phi) is 10.3. The van der Waals surface area contributed by atoms with Crippen LogP contribution in [0, 0.1) is 6.92 Å². The van der Waals surface area contributed by atoms with Crippen LogP contribution in [0.1, 0.15) is 57.1 Å². The molecular formula is C17H30O3. The van der Waals surface area contributed by atoms with Gasteiger partial charge in [-0.15, -0.1) is 0 Å². The molecule has 116 valence electrons. The highest BCUT2D eigenvalue weighted by atomic mass is 16.5. The predicted molar refractivity (Wildman–Crippen MR) is 83.6 cm³/mol. The third kappa shape index (κ3) is 8.31. The quantitative estimate of drug-likeness (QED) is 0.746. The Hall–Kier alpha value is -0.900. The molecule has 1 aromatic rings. The average Bonchev–Trinajstić information content (AvgIpc) is 2.85. The standard InChI is InChI=1S/C10H14O.C5H10O2.C2H6/c1-9-5-2-3-6-10(9)7-4-8-11;6-5(7)3-1-2-4-5;1-2/h2-3,5-6,11H,4,7-8H2,1H3;6-7H,1-4H2;1-2H3. The van der Waals surface area contributed by atoms with Crippen molar-refractivity contribution in [2.75, 3.05) is 6.61 Å². The number of hydrogen-bond donors (Lipinski definition) is 3. The maximum absolute atomic E-state index is 8.75. The van der Waals surface area contributed by atoms with Crippen molar-refractivity contribution in [3.8, 4) is 0 Å². The van der Waals surface area contributed by atoms with E-state index in [1.54, 1.807) is 0 Å². The molecule has 1 aromatic carbocycles. The van der Waals surface area contributed by atoms with E-state index in [1.165, 1.54) is 11.1 Å². The normalized spacial score (nSPS) is 15.7. The van der Waals surface area contributed by atoms with Gasteiger partial charge >= 0.3 is 0 Å². The van der Waals surface area contributed by atoms with Gasteiger partial charge in [-0.1, -0.05) is 38.1 Å². The summed E-state index contributed by atoms with van der Waals surface area (Å²) in [4.78, 5) is 0. The summed E-state index contributed by atoms with van der Waals surface area (Å²) in [5, 5.41) is 26.1. The van der Waals surface area contributed by atoms with E-state index in [1.807, 2.05) is 26.0 Å². The summed E-state index contributed by atoms with van der Waals surface area (Å²) < 4.78 is 0. The Morgan fingerprint density at radius 1 is 1.05 bits per heavy atom. The molecule has 0 unspecified atom stereocenters. The smallest absolute Gasteiger partial charge is 0.162 e. The summed E-state index contributed by atoms with van der Waals surface area (Å²) in [6, 6.07) is 8.30. The molecule has 1 aliphatic carbocycles. The third-order valence-electron chi connectivity index (χ3n) is 3.27. The van der Waals surface area contributed by atoms with Crippen LogP contribution in [0.3, 0.4) is 0 Å². The molecule has 0 aliphatic heterocycles. The van der Waals surface area contributed by atoms with Gasteiger partial charge in [-0.2, -0.15) is 0 Å². The van der Waals surface area contributed by atoms with E-state index < -0.39 is 5.79 Å². The zero-order valence-corrected chi connectivity index (χ0v) is 13.1. The van der Waals surface area contributed by atoms with Crippen LogP contribution in [-0.2, 0) is 6.42 Å². The zero-order chi connectivity index (χ0) is 15.4. The maximum Gasteiger partial charge on any atom is 0.162 e. The van der Waals surface area contributed by atoms with Gasteiger partial charge in [0, 0.05) is 19.4 Å². The minimum Gasteiger partial charge on any atom is -0.396 e. The average molecular weight is 282 g/mol. The molecule has 1 fully saturated rings. The summed E-state index contributed by atoms with van der Waals surface area (Å²) >= 11 is 0. The van der Waals surface area contributed by atoms with Crippen LogP contribution in [0.15, 0.2) is 24.3 Å². The van der Waals surface area contributed by atoms with Gasteiger partial charge in [0.1, 0.15) is 0 Å². The molecule has 0 aromatic heterocycles. The van der Waals surface area contributed by atoms with E-state index in [0.717, 1.165) is 25.7 Å². The molecule has 1 saturated carbocycles. The number of rotatable bonds is 3. The minimum atomic E-state index is -1.31. The third-order valence-corrected chi connectivity index (χ3v) is 3.27. The first kappa shape index (κ1) is 19.1. The van der Waals surface area contributed by atoms with Crippen molar-refractivity contribution < 1.29 is 15.3 Å². The van der Waals surface area contributed by atoms with Gasteiger partial charge in [0.25, 0.3) is 0 Å². The molecule has 0 radical (unpaired) electrons. The van der Waals surface area contributed by atoms with Crippen molar-refractivity contribution in [1.29, 1.82) is 0 Å². The number of aliphatic hydroxyl groups is 3. The van der Waals surface area contributed by atoms with Gasteiger partial charge in [-0.25, -0.2) is 0 Å². The fourth-order valence-electron chi connectivity index (χ4n) is 2.10. The second kappa shape index (κ2) is 10.8. The topological polar surface area (TPSA) is 60.7 Å². The molecule has 1 aliphatic rings. The second-order valence-electron chi connectivity index (χ2n) is 4.94. The van der Waals surface area contributed by atoms with Crippen LogP contribution < -0.4 is 0 Å². The van der Waals surface area contributed by atoms with Gasteiger partial charge in [-0.3, -0.25) is 0 Å². The monoisotopic (exact) mass is 282 g/mol. The minimum absolute atomic E-state index is 0.286. The summed E-state index contributed by atoms with van der Waals surface area (Å²) in [5.74, 6) is -1.31. The lowest BCUT2D eigenvalue weighted by Gasteiger charge is -2.11. The second-order valence-corrected chi connectivity index (χ2v) is 4.94. The van der Waals surface area contributed by atoms with Crippen LogP contribution >= 0.6 is 0 Å². The van der Waals surface area contributed by atoms with Gasteiger partial charge in [0.05, 0.1) is 0 Å². The Labute approximate surface area is 123 Å². The number of hydrogen-bond acceptors (Lipinski definition) is 3. The van der Waals surface area contributed by atoms with Gasteiger partial charge in [0.2, 0.25) is 0 Å². The van der Waals surface area contributed by atoms with Crippen LogP contribution in [0.4, 0.5) is 0 Å². The van der Waals surface area contributed by atoms with Crippen LogP contribution in [0.25, 0.3) is 0 Å². The first-order valence-corrected chi connectivity index (χ1v) is 7.65. The molecule has 0 bridgehead atoms. The molecular weight excluding hydrogens is 252 g/mol. The summed E-state index contributed by atoms with van der Waals surface area (Å²) in [5.41, 5.74) is 2.67. The van der Waals surface area contributed by atoms with Crippen molar-refractivity contribution >= 4 is 0 Å². The Morgan fingerprint density at radius 2 is 1.60 bits per heavy atom. The number of benzene rings is 1. The Morgan fingerprint density at radius 3 is 2.00 bits per heavy atom. The lowest BCUT2D eigenvalue weighted by Crippen LogP contribution is -2.21. The van der Waals surface area contributed by atoms with E-state index in [2.05, 4.69) is 19.1 Å². The summed E-state index contributed by atoms with van der Waals surface area (Å²) in [7, 11) is 0. The molecule has 0 spiro atoms. The number of aliphatic hydroxyl groups excluding tert-OH is 1. The molecule has 0 amide bonds. The molecule has 20 heavy (non-hydrogen) atoms. The highest BCUT2D eigenvalue weighted by Gasteiger charge is 2.26. The molecule has 3 N–H and O–H groups in total. The largest absolute Gasteiger partial charge is 0.396 e. The van der Waals surface area contributed by atoms with E-state index >= 15 is 0 Å². The molecule has 3 heteroatoms. The molecule has 2 rings (SSSR count). The van der Waals surface area contributed by atoms with Crippen molar-refractivity contribution in [2.24, 2.45) is 0 Å². The fraction of sp³-hybridized carbons (Fsp3) is 0.647. The Balaban J connectivity index is 0.000000345. The summed E-state index contributed by atoms with van der Waals surface area (Å²) in [6.45, 7) is 6.39. The molecule has 3 nitrogen and oxygen atoms in total. The van der Waals surface area contributed by atoms with E-state index in [9.17, 15) is 0 Å². The van der Waals surface area contributed by atoms with Crippen molar-refractivity contribution in [1.82, 2.24) is 0 Å². The van der Waals surface area contributed by atoms with Crippen LogP contribution in [0.5, 0.6) is 0 Å². The highest BCUT2D eigenvalue weighted by Crippen LogP contribution is 2.25. The lowest BCUT2D eigenvalue weighted by atomic mass is 10.0. The van der Waals surface area contributed by atoms with E-state index in [-0.39, 0.29) is 6.61 Å². The molecule has 0 saturated heterocycles. The van der Waals surface area contributed by atoms with Crippen LogP contribution in [-0.4, -0.2) is 27.7 Å². The first-order chi connectivity index (χ1) is 9.55. The first-order valence-electron chi connectivity index (χ1n) is 7.65. The Bertz CT molecular complexity index is 340. The van der Waals surface area contributed by atoms with Gasteiger partial charge in [-0.05, 0) is 43.7 Å². The number of aryl methyl sites for hydroxylation is 2. The lowest BCUT2D eigenvalue weighted by molar-refractivity contribution is -0.152. The predicted octanol–water partition coefficient (Wildman–Crippen LogP) is 3.19. The van der Waals surface area contributed by atoms with E-state index in [0.29, 0.717) is 12.8 Å².